The maximum atomic E-state index is 12.3. The fourth-order valence-electron chi connectivity index (χ4n) is 2.10. The topological polar surface area (TPSA) is 74.8 Å². The highest BCUT2D eigenvalue weighted by Crippen LogP contribution is 2.09. The zero-order valence-electron chi connectivity index (χ0n) is 12.3. The number of imide groups is 1. The highest BCUT2D eigenvalue weighted by atomic mass is 16.2. The molecule has 5 nitrogen and oxygen atoms in total. The van der Waals surface area contributed by atoms with Crippen LogP contribution in [-0.4, -0.2) is 25.0 Å². The fourth-order valence-corrected chi connectivity index (χ4v) is 2.10. The molecule has 0 aliphatic carbocycles. The third kappa shape index (κ3) is 4.66. The van der Waals surface area contributed by atoms with Crippen LogP contribution in [0.15, 0.2) is 30.3 Å². The van der Waals surface area contributed by atoms with Crippen LogP contribution in [0.4, 0.5) is 4.79 Å². The monoisotopic (exact) mass is 278 g/mol. The van der Waals surface area contributed by atoms with Gasteiger partial charge in [-0.05, 0) is 12.8 Å². The number of hydrogen-bond donors (Lipinski definition) is 3. The second-order valence-electron chi connectivity index (χ2n) is 4.73. The summed E-state index contributed by atoms with van der Waals surface area (Å²) in [5.41, 5.74) is 0.904. The van der Waals surface area contributed by atoms with Gasteiger partial charge in [-0.1, -0.05) is 44.2 Å². The van der Waals surface area contributed by atoms with Gasteiger partial charge in [-0.15, -0.1) is 0 Å². The van der Waals surface area contributed by atoms with Crippen molar-refractivity contribution in [3.05, 3.63) is 35.9 Å². The standard InChI is InChI=1S/C15H23N3O2/c1-4-12(5-2)17-13(11-9-7-6-8-10-11)14(19)18-15(20)16-3/h6-10,12-13,17H,4-5H2,1-3H3,(H2,16,18,19,20)/p+1/t13-/m1/s1. The average molecular weight is 278 g/mol. The predicted molar refractivity (Wildman–Crippen MR) is 78.1 cm³/mol. The van der Waals surface area contributed by atoms with Gasteiger partial charge in [0, 0.05) is 12.6 Å². The van der Waals surface area contributed by atoms with Gasteiger partial charge in [0.2, 0.25) is 0 Å². The Hall–Kier alpha value is -1.88. The molecular weight excluding hydrogens is 254 g/mol. The predicted octanol–water partition coefficient (Wildman–Crippen LogP) is 0.935. The lowest BCUT2D eigenvalue weighted by Crippen LogP contribution is -2.92. The molecule has 0 unspecified atom stereocenters. The van der Waals surface area contributed by atoms with Crippen molar-refractivity contribution >= 4 is 11.9 Å². The fraction of sp³-hybridized carbons (Fsp3) is 0.467. The van der Waals surface area contributed by atoms with E-state index in [1.165, 1.54) is 7.05 Å². The van der Waals surface area contributed by atoms with Crippen molar-refractivity contribution in [1.82, 2.24) is 10.6 Å². The average Bonchev–Trinajstić information content (AvgIpc) is 2.49. The summed E-state index contributed by atoms with van der Waals surface area (Å²) in [6.07, 6.45) is 1.96. The third-order valence-corrected chi connectivity index (χ3v) is 3.42. The summed E-state index contributed by atoms with van der Waals surface area (Å²) in [4.78, 5) is 23.6. The van der Waals surface area contributed by atoms with Crippen LogP contribution < -0.4 is 16.0 Å². The number of carbonyl (C=O) groups is 2. The number of quaternary nitrogens is 1. The number of benzene rings is 1. The van der Waals surface area contributed by atoms with E-state index in [1.54, 1.807) is 0 Å². The molecular formula is C15H24N3O2+. The first-order chi connectivity index (χ1) is 9.62. The number of urea groups is 1. The second-order valence-corrected chi connectivity index (χ2v) is 4.73. The minimum Gasteiger partial charge on any atom is -0.341 e. The molecule has 0 saturated carbocycles. The van der Waals surface area contributed by atoms with E-state index in [2.05, 4.69) is 24.5 Å². The molecule has 3 amide bonds. The van der Waals surface area contributed by atoms with Crippen LogP contribution in [-0.2, 0) is 4.79 Å². The van der Waals surface area contributed by atoms with Gasteiger partial charge < -0.3 is 10.6 Å². The van der Waals surface area contributed by atoms with Crippen molar-refractivity contribution in [3.8, 4) is 0 Å². The van der Waals surface area contributed by atoms with Crippen LogP contribution in [0.2, 0.25) is 0 Å². The van der Waals surface area contributed by atoms with Gasteiger partial charge in [-0.3, -0.25) is 10.1 Å². The molecule has 5 heteroatoms. The van der Waals surface area contributed by atoms with Gasteiger partial charge in [0.1, 0.15) is 0 Å². The van der Waals surface area contributed by atoms with Gasteiger partial charge >= 0.3 is 6.03 Å². The zero-order chi connectivity index (χ0) is 15.0. The molecule has 0 saturated heterocycles. The first-order valence-corrected chi connectivity index (χ1v) is 7.04. The van der Waals surface area contributed by atoms with E-state index >= 15 is 0 Å². The molecule has 0 fully saturated rings. The van der Waals surface area contributed by atoms with Crippen molar-refractivity contribution in [2.45, 2.75) is 38.8 Å². The van der Waals surface area contributed by atoms with Crippen LogP contribution in [0.1, 0.15) is 38.3 Å². The Morgan fingerprint density at radius 2 is 1.75 bits per heavy atom. The Kier molecular flexibility index (Phi) is 6.73. The van der Waals surface area contributed by atoms with Crippen molar-refractivity contribution < 1.29 is 14.9 Å². The van der Waals surface area contributed by atoms with E-state index in [0.29, 0.717) is 6.04 Å². The first-order valence-electron chi connectivity index (χ1n) is 7.04. The normalized spacial score (nSPS) is 12.0. The summed E-state index contributed by atoms with van der Waals surface area (Å²) in [6, 6.07) is 9.00. The molecule has 1 rings (SSSR count). The molecule has 1 aromatic carbocycles. The van der Waals surface area contributed by atoms with E-state index in [4.69, 9.17) is 0 Å². The quantitative estimate of drug-likeness (QED) is 0.724. The lowest BCUT2D eigenvalue weighted by Gasteiger charge is -2.20. The number of carbonyl (C=O) groups excluding carboxylic acids is 2. The van der Waals surface area contributed by atoms with Gasteiger partial charge in [0.25, 0.3) is 5.91 Å². The lowest BCUT2D eigenvalue weighted by molar-refractivity contribution is -0.716. The molecule has 0 aliphatic rings. The van der Waals surface area contributed by atoms with E-state index in [1.807, 2.05) is 35.6 Å². The number of nitrogens with one attached hydrogen (secondary N) is 2. The van der Waals surface area contributed by atoms with E-state index in [-0.39, 0.29) is 5.91 Å². The van der Waals surface area contributed by atoms with Gasteiger partial charge in [0.05, 0.1) is 6.04 Å². The molecule has 0 heterocycles. The summed E-state index contributed by atoms with van der Waals surface area (Å²) in [5, 5.41) is 6.80. The largest absolute Gasteiger partial charge is 0.341 e. The highest BCUT2D eigenvalue weighted by molar-refractivity contribution is 5.96. The minimum absolute atomic E-state index is 0.289. The maximum Gasteiger partial charge on any atom is 0.321 e. The number of rotatable bonds is 6. The summed E-state index contributed by atoms with van der Waals surface area (Å²) in [7, 11) is 1.49. The lowest BCUT2D eigenvalue weighted by atomic mass is 10.0. The molecule has 0 aliphatic heterocycles. The zero-order valence-corrected chi connectivity index (χ0v) is 12.3. The molecule has 0 spiro atoms. The molecule has 0 radical (unpaired) electrons. The summed E-state index contributed by atoms with van der Waals surface area (Å²) in [5.74, 6) is -0.289. The summed E-state index contributed by atoms with van der Waals surface area (Å²) in [6.45, 7) is 4.20. The maximum absolute atomic E-state index is 12.3. The number of hydrogen-bond acceptors (Lipinski definition) is 2. The number of amides is 3. The second kappa shape index (κ2) is 8.32. The van der Waals surface area contributed by atoms with E-state index in [9.17, 15) is 9.59 Å². The van der Waals surface area contributed by atoms with Crippen LogP contribution in [0, 0.1) is 0 Å². The molecule has 4 N–H and O–H groups in total. The molecule has 110 valence electrons. The van der Waals surface area contributed by atoms with Crippen molar-refractivity contribution in [3.63, 3.8) is 0 Å². The van der Waals surface area contributed by atoms with E-state index < -0.39 is 12.1 Å². The van der Waals surface area contributed by atoms with E-state index in [0.717, 1.165) is 18.4 Å². The van der Waals surface area contributed by atoms with Crippen LogP contribution in [0.3, 0.4) is 0 Å². The van der Waals surface area contributed by atoms with Crippen molar-refractivity contribution in [2.24, 2.45) is 0 Å². The van der Waals surface area contributed by atoms with Gasteiger partial charge in [-0.2, -0.15) is 0 Å². The molecule has 0 aromatic heterocycles. The third-order valence-electron chi connectivity index (χ3n) is 3.42. The van der Waals surface area contributed by atoms with Crippen molar-refractivity contribution in [1.29, 1.82) is 0 Å². The summed E-state index contributed by atoms with van der Waals surface area (Å²) >= 11 is 0. The Morgan fingerprint density at radius 3 is 2.25 bits per heavy atom. The minimum atomic E-state index is -0.478. The van der Waals surface area contributed by atoms with Gasteiger partial charge in [-0.25, -0.2) is 4.79 Å². The molecule has 1 aromatic rings. The Morgan fingerprint density at radius 1 is 1.15 bits per heavy atom. The Balaban J connectivity index is 2.89. The van der Waals surface area contributed by atoms with Crippen LogP contribution in [0.5, 0.6) is 0 Å². The Bertz CT molecular complexity index is 430. The smallest absolute Gasteiger partial charge is 0.321 e. The van der Waals surface area contributed by atoms with Crippen molar-refractivity contribution in [2.75, 3.05) is 7.05 Å². The van der Waals surface area contributed by atoms with Crippen LogP contribution >= 0.6 is 0 Å². The Labute approximate surface area is 120 Å². The highest BCUT2D eigenvalue weighted by Gasteiger charge is 2.27. The SMILES string of the molecule is CCC(CC)[NH2+][C@@H](C(=O)NC(=O)NC)c1ccccc1. The molecule has 20 heavy (non-hydrogen) atoms. The summed E-state index contributed by atoms with van der Waals surface area (Å²) < 4.78 is 0. The van der Waals surface area contributed by atoms with Gasteiger partial charge in [0.15, 0.2) is 6.04 Å². The first kappa shape index (κ1) is 16.2. The molecule has 0 bridgehead atoms. The molecule has 1 atom stereocenters. The number of nitrogens with two attached hydrogens (primary N) is 1. The van der Waals surface area contributed by atoms with Crippen LogP contribution in [0.25, 0.3) is 0 Å².